The fourth-order valence-corrected chi connectivity index (χ4v) is 3.20. The lowest BCUT2D eigenvalue weighted by molar-refractivity contribution is -0.145. The number of rotatable bonds is 4. The molecule has 0 aromatic heterocycles. The van der Waals surface area contributed by atoms with Gasteiger partial charge in [-0.1, -0.05) is 12.1 Å². The summed E-state index contributed by atoms with van der Waals surface area (Å²) in [5.74, 6) is -2.35. The molecule has 2 atom stereocenters. The summed E-state index contributed by atoms with van der Waals surface area (Å²) in [6.07, 6.45) is -1.06. The van der Waals surface area contributed by atoms with Crippen molar-refractivity contribution in [1.82, 2.24) is 4.90 Å². The number of carboxylic acid groups (broad SMARTS) is 1. The minimum atomic E-state index is -1.32. The number of hydrogen-bond acceptors (Lipinski definition) is 5. The topological polar surface area (TPSA) is 93.1 Å². The lowest BCUT2D eigenvalue weighted by Gasteiger charge is -2.25. The van der Waals surface area contributed by atoms with E-state index in [9.17, 15) is 23.9 Å². The molecule has 0 radical (unpaired) electrons. The van der Waals surface area contributed by atoms with Crippen LogP contribution in [0, 0.1) is 5.82 Å². The second-order valence-electron chi connectivity index (χ2n) is 7.96. The first kappa shape index (κ1) is 21.3. The minimum Gasteiger partial charge on any atom is -0.480 e. The Kier molecular flexibility index (Phi) is 5.78. The number of carbonyl (C=O) groups is 3. The molecule has 1 N–H and O–H groups in total. The molecule has 0 saturated carbocycles. The molecule has 1 fully saturated rings. The van der Waals surface area contributed by atoms with Gasteiger partial charge in [0.05, 0.1) is 5.92 Å². The molecule has 0 unspecified atom stereocenters. The second-order valence-corrected chi connectivity index (χ2v) is 7.96. The number of amides is 2. The highest BCUT2D eigenvalue weighted by Crippen LogP contribution is 2.36. The third-order valence-electron chi connectivity index (χ3n) is 4.49. The van der Waals surface area contributed by atoms with Crippen LogP contribution >= 0.6 is 0 Å². The van der Waals surface area contributed by atoms with E-state index in [2.05, 4.69) is 0 Å². The van der Waals surface area contributed by atoms with E-state index in [-0.39, 0.29) is 6.42 Å². The highest BCUT2D eigenvalue weighted by molar-refractivity contribution is 6.02. The summed E-state index contributed by atoms with van der Waals surface area (Å²) >= 11 is 0. The molecule has 2 amide bonds. The number of benzene rings is 2. The quantitative estimate of drug-likeness (QED) is 0.799. The van der Waals surface area contributed by atoms with Gasteiger partial charge in [-0.3, -0.25) is 4.79 Å². The van der Waals surface area contributed by atoms with Crippen molar-refractivity contribution in [2.45, 2.75) is 44.8 Å². The molecule has 1 aliphatic heterocycles. The number of halogens is 1. The van der Waals surface area contributed by atoms with Crippen LogP contribution in [0.4, 0.5) is 9.18 Å². The van der Waals surface area contributed by atoms with Crippen LogP contribution in [0.25, 0.3) is 0 Å². The van der Waals surface area contributed by atoms with Crippen LogP contribution < -0.4 is 4.74 Å². The summed E-state index contributed by atoms with van der Waals surface area (Å²) in [6, 6.07) is 10.7. The van der Waals surface area contributed by atoms with E-state index >= 15 is 0 Å². The Morgan fingerprint density at radius 3 is 2.37 bits per heavy atom. The third-order valence-corrected chi connectivity index (χ3v) is 4.49. The molecule has 0 aliphatic carbocycles. The van der Waals surface area contributed by atoms with E-state index < -0.39 is 41.3 Å². The van der Waals surface area contributed by atoms with Crippen molar-refractivity contribution in [1.29, 1.82) is 0 Å². The zero-order valence-corrected chi connectivity index (χ0v) is 16.8. The maximum atomic E-state index is 13.1. The Morgan fingerprint density at radius 1 is 1.10 bits per heavy atom. The molecule has 1 saturated heterocycles. The molecule has 2 aromatic carbocycles. The number of ether oxygens (including phenoxy) is 2. The molecule has 2 aromatic rings. The smallest absolute Gasteiger partial charge is 0.417 e. The van der Waals surface area contributed by atoms with Crippen LogP contribution in [-0.4, -0.2) is 39.6 Å². The van der Waals surface area contributed by atoms with E-state index in [4.69, 9.17) is 9.47 Å². The molecular weight excluding hydrogens is 393 g/mol. The Bertz CT molecular complexity index is 966. The van der Waals surface area contributed by atoms with E-state index in [1.54, 1.807) is 45.0 Å². The van der Waals surface area contributed by atoms with Crippen LogP contribution in [0.1, 0.15) is 38.7 Å². The van der Waals surface area contributed by atoms with E-state index in [0.717, 1.165) is 0 Å². The summed E-state index contributed by atoms with van der Waals surface area (Å²) in [7, 11) is 0. The zero-order valence-electron chi connectivity index (χ0n) is 16.8. The van der Waals surface area contributed by atoms with E-state index in [1.165, 1.54) is 24.3 Å². The van der Waals surface area contributed by atoms with Crippen LogP contribution in [0.2, 0.25) is 0 Å². The Balaban J connectivity index is 1.84. The van der Waals surface area contributed by atoms with Crippen molar-refractivity contribution in [3.8, 4) is 11.5 Å². The van der Waals surface area contributed by atoms with Crippen LogP contribution in [0.15, 0.2) is 48.5 Å². The first-order chi connectivity index (χ1) is 14.0. The standard InChI is InChI=1S/C22H22FNO6/c1-22(2,3)30-21(28)24-18(20(26)27)12-17(19(24)25)13-5-4-6-16(11-13)29-15-9-7-14(23)8-10-15/h4-11,17-18H,12H2,1-3H3,(H,26,27)/t17-,18+/m0/s1. The predicted molar refractivity (Wildman–Crippen MR) is 105 cm³/mol. The normalized spacial score (nSPS) is 18.9. The SMILES string of the molecule is CC(C)(C)OC(=O)N1C(=O)[C@H](c2cccc(Oc3ccc(F)cc3)c2)C[C@@H]1C(=O)O. The van der Waals surface area contributed by atoms with E-state index in [1.807, 2.05) is 0 Å². The Hall–Kier alpha value is -3.42. The second kappa shape index (κ2) is 8.14. The van der Waals surface area contributed by atoms with Crippen molar-refractivity contribution in [3.05, 3.63) is 59.9 Å². The van der Waals surface area contributed by atoms with E-state index in [0.29, 0.717) is 22.0 Å². The number of imide groups is 1. The van der Waals surface area contributed by atoms with Crippen molar-refractivity contribution in [2.24, 2.45) is 0 Å². The summed E-state index contributed by atoms with van der Waals surface area (Å²) in [4.78, 5) is 37.8. The zero-order chi connectivity index (χ0) is 22.1. The number of hydrogen-bond donors (Lipinski definition) is 1. The lowest BCUT2D eigenvalue weighted by Crippen LogP contribution is -2.45. The highest BCUT2D eigenvalue weighted by atomic mass is 19.1. The maximum absolute atomic E-state index is 13.1. The number of carboxylic acids is 1. The Morgan fingerprint density at radius 2 is 1.77 bits per heavy atom. The van der Waals surface area contributed by atoms with Crippen molar-refractivity contribution >= 4 is 18.0 Å². The molecule has 1 heterocycles. The number of nitrogens with zero attached hydrogens (tertiary/aromatic N) is 1. The molecule has 8 heteroatoms. The van der Waals surface area contributed by atoms with Gasteiger partial charge in [-0.15, -0.1) is 0 Å². The molecule has 0 spiro atoms. The van der Waals surface area contributed by atoms with Crippen LogP contribution in [-0.2, 0) is 14.3 Å². The van der Waals surface area contributed by atoms with Crippen molar-refractivity contribution < 1.29 is 33.4 Å². The summed E-state index contributed by atoms with van der Waals surface area (Å²) in [5.41, 5.74) is -0.363. The molecule has 158 valence electrons. The Labute approximate surface area is 173 Å². The summed E-state index contributed by atoms with van der Waals surface area (Å²) in [5, 5.41) is 9.53. The average molecular weight is 415 g/mol. The summed E-state index contributed by atoms with van der Waals surface area (Å²) < 4.78 is 24.0. The van der Waals surface area contributed by atoms with Gasteiger partial charge in [-0.2, -0.15) is 0 Å². The molecule has 1 aliphatic rings. The number of aliphatic carboxylic acids is 1. The largest absolute Gasteiger partial charge is 0.480 e. The lowest BCUT2D eigenvalue weighted by atomic mass is 9.95. The van der Waals surface area contributed by atoms with Crippen LogP contribution in [0.5, 0.6) is 11.5 Å². The van der Waals surface area contributed by atoms with Gasteiger partial charge >= 0.3 is 12.1 Å². The van der Waals surface area contributed by atoms with Gasteiger partial charge in [0.15, 0.2) is 0 Å². The molecule has 0 bridgehead atoms. The number of carbonyl (C=O) groups excluding carboxylic acids is 2. The fraction of sp³-hybridized carbons (Fsp3) is 0.318. The number of likely N-dealkylation sites (tertiary alicyclic amines) is 1. The van der Waals surface area contributed by atoms with Gasteiger partial charge in [0.1, 0.15) is 29.0 Å². The highest BCUT2D eigenvalue weighted by Gasteiger charge is 2.48. The predicted octanol–water partition coefficient (Wildman–Crippen LogP) is 4.32. The van der Waals surface area contributed by atoms with Gasteiger partial charge in [0.25, 0.3) is 0 Å². The van der Waals surface area contributed by atoms with Gasteiger partial charge in [0.2, 0.25) is 5.91 Å². The first-order valence-electron chi connectivity index (χ1n) is 9.37. The van der Waals surface area contributed by atoms with Gasteiger partial charge in [-0.05, 0) is 69.2 Å². The monoisotopic (exact) mass is 415 g/mol. The molecule has 7 nitrogen and oxygen atoms in total. The fourth-order valence-electron chi connectivity index (χ4n) is 3.20. The van der Waals surface area contributed by atoms with Crippen molar-refractivity contribution in [2.75, 3.05) is 0 Å². The molecule has 30 heavy (non-hydrogen) atoms. The minimum absolute atomic E-state index is 0.0760. The van der Waals surface area contributed by atoms with Crippen LogP contribution in [0.3, 0.4) is 0 Å². The third kappa shape index (κ3) is 4.76. The average Bonchev–Trinajstić information content (AvgIpc) is 3.00. The van der Waals surface area contributed by atoms with Gasteiger partial charge in [-0.25, -0.2) is 18.9 Å². The molecular formula is C22H22FNO6. The molecule has 3 rings (SSSR count). The first-order valence-corrected chi connectivity index (χ1v) is 9.37. The maximum Gasteiger partial charge on any atom is 0.417 e. The van der Waals surface area contributed by atoms with Crippen molar-refractivity contribution in [3.63, 3.8) is 0 Å². The summed E-state index contributed by atoms with van der Waals surface area (Å²) in [6.45, 7) is 4.90. The van der Waals surface area contributed by atoms with Gasteiger partial charge in [0, 0.05) is 0 Å². The van der Waals surface area contributed by atoms with Gasteiger partial charge < -0.3 is 14.6 Å².